The quantitative estimate of drug-likeness (QED) is 0.427. The van der Waals surface area contributed by atoms with E-state index in [1.54, 1.807) is 32.3 Å². The molecular formula is C30H35F3N6O4. The summed E-state index contributed by atoms with van der Waals surface area (Å²) in [6.45, 7) is 7.87. The topological polar surface area (TPSA) is 103 Å². The Morgan fingerprint density at radius 1 is 1.19 bits per heavy atom. The van der Waals surface area contributed by atoms with Gasteiger partial charge in [-0.15, -0.1) is 5.92 Å². The molecule has 0 bridgehead atoms. The van der Waals surface area contributed by atoms with E-state index < -0.39 is 34.7 Å². The zero-order chi connectivity index (χ0) is 31.5. The van der Waals surface area contributed by atoms with E-state index in [9.17, 15) is 27.6 Å². The van der Waals surface area contributed by atoms with Crippen molar-refractivity contribution < 1.29 is 22.7 Å². The van der Waals surface area contributed by atoms with E-state index in [0.717, 1.165) is 23.5 Å². The minimum Gasteiger partial charge on any atom is -0.444 e. The number of alkyl carbamates (subject to hydrolysis) is 1. The Balaban J connectivity index is 1.71. The minimum absolute atomic E-state index is 0.0776. The number of amides is 1. The number of ether oxygens (including phenoxy) is 1. The van der Waals surface area contributed by atoms with E-state index in [4.69, 9.17) is 4.74 Å². The molecule has 13 heteroatoms. The summed E-state index contributed by atoms with van der Waals surface area (Å²) in [7, 11) is 1.49. The molecule has 1 amide bonds. The average Bonchev–Trinajstić information content (AvgIpc) is 3.31. The number of benzene rings is 1. The van der Waals surface area contributed by atoms with Gasteiger partial charge < -0.3 is 15.0 Å². The number of nitrogens with one attached hydrogen (secondary N) is 1. The van der Waals surface area contributed by atoms with Gasteiger partial charge in [0.1, 0.15) is 5.60 Å². The van der Waals surface area contributed by atoms with Crippen LogP contribution in [-0.2, 0) is 31.1 Å². The number of hydrogen-bond acceptors (Lipinski definition) is 6. The number of piperidine rings is 1. The number of anilines is 1. The summed E-state index contributed by atoms with van der Waals surface area (Å²) >= 11 is 0. The molecule has 1 aliphatic rings. The standard InChI is InChI=1S/C30H35F3N6O4/c1-6-7-17-38-23-24(35-26(38)37-16-11-14-21(19-37)34-27(41)43-29(2,3)4)36(5)28(42)39(25(23)40)18-10-13-20-12-8-9-15-22(20)30(31,32)33/h8-10,12-13,15,21H,11,14,16-19H2,1-5H3,(H,34,41)/t21-/m1/s1. The summed E-state index contributed by atoms with van der Waals surface area (Å²) < 4.78 is 49.5. The van der Waals surface area contributed by atoms with Crippen molar-refractivity contribution in [2.45, 2.75) is 71.4 Å². The van der Waals surface area contributed by atoms with Crippen LogP contribution in [0.1, 0.15) is 51.7 Å². The SMILES string of the molecule is CC#CCn1c(N2CCC[C@@H](NC(=O)OC(C)(C)C)C2)nc2c1c(=O)n(CC=Cc1ccccc1C(F)(F)F)c(=O)n2C. The molecule has 1 atom stereocenters. The van der Waals surface area contributed by atoms with Gasteiger partial charge in [-0.25, -0.2) is 9.59 Å². The number of nitrogens with zero attached hydrogens (tertiary/aromatic N) is 5. The van der Waals surface area contributed by atoms with Gasteiger partial charge in [-0.05, 0) is 52.2 Å². The van der Waals surface area contributed by atoms with Crippen molar-refractivity contribution in [1.82, 2.24) is 24.0 Å². The molecule has 230 valence electrons. The monoisotopic (exact) mass is 600 g/mol. The zero-order valence-corrected chi connectivity index (χ0v) is 24.8. The summed E-state index contributed by atoms with van der Waals surface area (Å²) in [5.41, 5.74) is -2.53. The molecular weight excluding hydrogens is 565 g/mol. The van der Waals surface area contributed by atoms with Gasteiger partial charge in [-0.2, -0.15) is 18.2 Å². The first kappa shape index (κ1) is 31.5. The number of hydrogen-bond donors (Lipinski definition) is 1. The molecule has 2 aromatic heterocycles. The van der Waals surface area contributed by atoms with Crippen LogP contribution in [-0.4, -0.2) is 49.5 Å². The molecule has 43 heavy (non-hydrogen) atoms. The first-order chi connectivity index (χ1) is 20.2. The molecule has 1 N–H and O–H groups in total. The first-order valence-corrected chi connectivity index (χ1v) is 13.9. The van der Waals surface area contributed by atoms with Crippen LogP contribution in [0.25, 0.3) is 17.2 Å². The van der Waals surface area contributed by atoms with E-state index in [1.165, 1.54) is 42.0 Å². The third kappa shape index (κ3) is 7.13. The zero-order valence-electron chi connectivity index (χ0n) is 24.8. The predicted octanol–water partition coefficient (Wildman–Crippen LogP) is 4.15. The molecule has 3 heterocycles. The van der Waals surface area contributed by atoms with Crippen molar-refractivity contribution in [3.8, 4) is 11.8 Å². The van der Waals surface area contributed by atoms with E-state index in [-0.39, 0.29) is 35.9 Å². The number of fused-ring (bicyclic) bond motifs is 1. The molecule has 0 radical (unpaired) electrons. The highest BCUT2D eigenvalue weighted by atomic mass is 19.4. The number of allylic oxidation sites excluding steroid dienone is 1. The highest BCUT2D eigenvalue weighted by Crippen LogP contribution is 2.32. The molecule has 4 rings (SSSR count). The summed E-state index contributed by atoms with van der Waals surface area (Å²) in [6.07, 6.45) is -1.02. The molecule has 10 nitrogen and oxygen atoms in total. The summed E-state index contributed by atoms with van der Waals surface area (Å²) in [4.78, 5) is 46.0. The van der Waals surface area contributed by atoms with Gasteiger partial charge in [0.25, 0.3) is 5.56 Å². The Morgan fingerprint density at radius 2 is 1.91 bits per heavy atom. The lowest BCUT2D eigenvalue weighted by molar-refractivity contribution is -0.137. The fourth-order valence-electron chi connectivity index (χ4n) is 5.01. The normalized spacial score (nSPS) is 15.9. The van der Waals surface area contributed by atoms with Crippen molar-refractivity contribution in [3.63, 3.8) is 0 Å². The second kappa shape index (κ2) is 12.4. The van der Waals surface area contributed by atoms with Crippen molar-refractivity contribution >= 4 is 29.3 Å². The van der Waals surface area contributed by atoms with E-state index in [0.29, 0.717) is 19.0 Å². The highest BCUT2D eigenvalue weighted by molar-refractivity contribution is 5.75. The third-order valence-corrected chi connectivity index (χ3v) is 6.90. The third-order valence-electron chi connectivity index (χ3n) is 6.90. The number of carbonyl (C=O) groups excluding carboxylic acids is 1. The summed E-state index contributed by atoms with van der Waals surface area (Å²) in [6, 6.07) is 4.83. The van der Waals surface area contributed by atoms with Gasteiger partial charge in [-0.3, -0.25) is 18.5 Å². The Labute approximate surface area is 246 Å². The average molecular weight is 601 g/mol. The largest absolute Gasteiger partial charge is 0.444 e. The Morgan fingerprint density at radius 3 is 2.58 bits per heavy atom. The van der Waals surface area contributed by atoms with Crippen molar-refractivity contribution in [1.29, 1.82) is 0 Å². The van der Waals surface area contributed by atoms with Gasteiger partial charge in [0.15, 0.2) is 11.2 Å². The van der Waals surface area contributed by atoms with Crippen LogP contribution in [0, 0.1) is 11.8 Å². The molecule has 1 saturated heterocycles. The van der Waals surface area contributed by atoms with Crippen LogP contribution in [0.4, 0.5) is 23.9 Å². The number of rotatable bonds is 6. The van der Waals surface area contributed by atoms with Crippen LogP contribution < -0.4 is 21.5 Å². The lowest BCUT2D eigenvalue weighted by atomic mass is 10.1. The fraction of sp³-hybridized carbons (Fsp3) is 0.467. The van der Waals surface area contributed by atoms with Gasteiger partial charge in [-0.1, -0.05) is 36.3 Å². The smallest absolute Gasteiger partial charge is 0.416 e. The van der Waals surface area contributed by atoms with Crippen LogP contribution in [0.5, 0.6) is 0 Å². The number of aryl methyl sites for hydroxylation is 1. The maximum atomic E-state index is 13.7. The van der Waals surface area contributed by atoms with E-state index in [2.05, 4.69) is 22.1 Å². The van der Waals surface area contributed by atoms with Gasteiger partial charge in [0.05, 0.1) is 12.1 Å². The molecule has 1 aliphatic heterocycles. The number of alkyl halides is 3. The number of imidazole rings is 1. The molecule has 0 aliphatic carbocycles. The minimum atomic E-state index is -4.55. The second-order valence-electron chi connectivity index (χ2n) is 11.3. The lowest BCUT2D eigenvalue weighted by Gasteiger charge is -2.34. The summed E-state index contributed by atoms with van der Waals surface area (Å²) in [5.74, 6) is 6.20. The predicted molar refractivity (Wildman–Crippen MR) is 158 cm³/mol. The maximum Gasteiger partial charge on any atom is 0.416 e. The Hall–Kier alpha value is -4.47. The fourth-order valence-corrected chi connectivity index (χ4v) is 5.01. The van der Waals surface area contributed by atoms with E-state index in [1.807, 2.05) is 4.90 Å². The van der Waals surface area contributed by atoms with Crippen LogP contribution >= 0.6 is 0 Å². The van der Waals surface area contributed by atoms with Crippen LogP contribution in [0.2, 0.25) is 0 Å². The van der Waals surface area contributed by atoms with Crippen LogP contribution in [0.15, 0.2) is 39.9 Å². The number of carbonyl (C=O) groups is 1. The van der Waals surface area contributed by atoms with Crippen LogP contribution in [0.3, 0.4) is 0 Å². The molecule has 3 aromatic rings. The van der Waals surface area contributed by atoms with Crippen molar-refractivity contribution in [3.05, 3.63) is 62.3 Å². The molecule has 0 unspecified atom stereocenters. The second-order valence-corrected chi connectivity index (χ2v) is 11.3. The van der Waals surface area contributed by atoms with Crippen molar-refractivity contribution in [2.24, 2.45) is 7.05 Å². The van der Waals surface area contributed by atoms with Gasteiger partial charge in [0.2, 0.25) is 5.95 Å². The van der Waals surface area contributed by atoms with Gasteiger partial charge >= 0.3 is 18.0 Å². The van der Waals surface area contributed by atoms with E-state index >= 15 is 0 Å². The molecule has 0 spiro atoms. The molecule has 1 fully saturated rings. The van der Waals surface area contributed by atoms with Gasteiger partial charge in [0, 0.05) is 32.7 Å². The Kier molecular flexibility index (Phi) is 9.08. The number of aromatic nitrogens is 4. The molecule has 0 saturated carbocycles. The van der Waals surface area contributed by atoms with Crippen molar-refractivity contribution in [2.75, 3.05) is 18.0 Å². The molecule has 1 aromatic carbocycles. The maximum absolute atomic E-state index is 13.7. The number of halogens is 3. The Bertz CT molecular complexity index is 1720. The lowest BCUT2D eigenvalue weighted by Crippen LogP contribution is -2.49. The summed E-state index contributed by atoms with van der Waals surface area (Å²) in [5, 5.41) is 2.90. The highest BCUT2D eigenvalue weighted by Gasteiger charge is 2.32. The first-order valence-electron chi connectivity index (χ1n) is 13.9.